The van der Waals surface area contributed by atoms with Crippen LogP contribution in [0.5, 0.6) is 0 Å². The smallest absolute Gasteiger partial charge is 0.272 e. The molecule has 1 heterocycles. The average Bonchev–Trinajstić information content (AvgIpc) is 2.31. The van der Waals surface area contributed by atoms with Crippen molar-refractivity contribution in [3.8, 4) is 0 Å². The minimum Gasteiger partial charge on any atom is -0.350 e. The second-order valence-electron chi connectivity index (χ2n) is 3.78. The number of hydrogen-bond donors (Lipinski definition) is 0. The Hall–Kier alpha value is -2.50. The predicted octanol–water partition coefficient (Wildman–Crippen LogP) is 1.94. The molecule has 18 heavy (non-hydrogen) atoms. The van der Waals surface area contributed by atoms with Crippen molar-refractivity contribution < 1.29 is 9.31 Å². The van der Waals surface area contributed by atoms with Gasteiger partial charge in [-0.25, -0.2) is 4.39 Å². The lowest BCUT2D eigenvalue weighted by Gasteiger charge is -2.05. The maximum Gasteiger partial charge on any atom is 0.272 e. The summed E-state index contributed by atoms with van der Waals surface area (Å²) in [6, 6.07) is 6.14. The van der Waals surface area contributed by atoms with E-state index >= 15 is 0 Å². The van der Waals surface area contributed by atoms with E-state index in [-0.39, 0.29) is 17.7 Å². The molecule has 6 heteroatoms. The summed E-state index contributed by atoms with van der Waals surface area (Å²) < 4.78 is 14.8. The maximum absolute atomic E-state index is 13.2. The third kappa shape index (κ3) is 2.79. The van der Waals surface area contributed by atoms with E-state index < -0.39 is 10.7 Å². The van der Waals surface area contributed by atoms with Crippen molar-refractivity contribution in [2.45, 2.75) is 6.54 Å². The normalized spacial score (nSPS) is 10.3. The summed E-state index contributed by atoms with van der Waals surface area (Å²) in [5.74, 6) is -0.653. The number of hydrogen-bond acceptors (Lipinski definition) is 3. The van der Waals surface area contributed by atoms with Gasteiger partial charge in [0.15, 0.2) is 5.43 Å². The van der Waals surface area contributed by atoms with Crippen molar-refractivity contribution in [3.63, 3.8) is 0 Å². The van der Waals surface area contributed by atoms with E-state index in [1.54, 1.807) is 17.0 Å². The van der Waals surface area contributed by atoms with Crippen LogP contribution >= 0.6 is 0 Å². The minimum absolute atomic E-state index is 0.128. The van der Waals surface area contributed by atoms with Gasteiger partial charge in [0.2, 0.25) is 0 Å². The van der Waals surface area contributed by atoms with Crippen LogP contribution in [-0.2, 0) is 6.54 Å². The van der Waals surface area contributed by atoms with Gasteiger partial charge in [0.1, 0.15) is 5.82 Å². The van der Waals surface area contributed by atoms with Crippen molar-refractivity contribution >= 4 is 5.69 Å². The zero-order valence-electron chi connectivity index (χ0n) is 9.25. The Kier molecular flexibility index (Phi) is 3.18. The van der Waals surface area contributed by atoms with Crippen LogP contribution in [0.15, 0.2) is 47.5 Å². The third-order valence-electron chi connectivity index (χ3n) is 2.38. The molecule has 0 bridgehead atoms. The van der Waals surface area contributed by atoms with Gasteiger partial charge in [0.05, 0.1) is 11.0 Å². The molecule has 0 saturated heterocycles. The molecule has 92 valence electrons. The molecule has 2 aromatic rings. The molecular weight excluding hydrogens is 239 g/mol. The van der Waals surface area contributed by atoms with Gasteiger partial charge >= 0.3 is 0 Å². The van der Waals surface area contributed by atoms with Crippen LogP contribution < -0.4 is 5.43 Å². The fraction of sp³-hybridized carbons (Fsp3) is 0.0833. The number of nitro benzene ring substituents is 1. The van der Waals surface area contributed by atoms with Crippen LogP contribution in [0.25, 0.3) is 0 Å². The maximum atomic E-state index is 13.2. The highest BCUT2D eigenvalue weighted by molar-refractivity contribution is 5.35. The second-order valence-corrected chi connectivity index (χ2v) is 3.78. The molecule has 0 saturated carbocycles. The molecule has 0 atom stereocenters. The zero-order chi connectivity index (χ0) is 13.1. The van der Waals surface area contributed by atoms with Gasteiger partial charge in [-0.3, -0.25) is 14.9 Å². The highest BCUT2D eigenvalue weighted by Crippen LogP contribution is 2.16. The van der Waals surface area contributed by atoms with Gasteiger partial charge in [0.25, 0.3) is 5.69 Å². The van der Waals surface area contributed by atoms with Crippen LogP contribution in [0.3, 0.4) is 0 Å². The number of benzene rings is 1. The lowest BCUT2D eigenvalue weighted by atomic mass is 10.2. The summed E-state index contributed by atoms with van der Waals surface area (Å²) in [5.41, 5.74) is 0.0490. The van der Waals surface area contributed by atoms with Crippen LogP contribution in [0.2, 0.25) is 0 Å². The molecule has 0 aliphatic rings. The molecule has 0 amide bonds. The van der Waals surface area contributed by atoms with E-state index in [2.05, 4.69) is 0 Å². The number of rotatable bonds is 3. The van der Waals surface area contributed by atoms with E-state index in [4.69, 9.17) is 0 Å². The van der Waals surface area contributed by atoms with Crippen molar-refractivity contribution in [1.82, 2.24) is 4.57 Å². The Morgan fingerprint density at radius 3 is 2.50 bits per heavy atom. The van der Waals surface area contributed by atoms with Crippen LogP contribution in [-0.4, -0.2) is 9.49 Å². The van der Waals surface area contributed by atoms with E-state index in [1.807, 2.05) is 0 Å². The summed E-state index contributed by atoms with van der Waals surface area (Å²) >= 11 is 0. The quantitative estimate of drug-likeness (QED) is 0.616. The first-order valence-corrected chi connectivity index (χ1v) is 5.14. The number of aromatic nitrogens is 1. The summed E-state index contributed by atoms with van der Waals surface area (Å²) in [6.45, 7) is 0.263. The van der Waals surface area contributed by atoms with E-state index in [1.165, 1.54) is 24.3 Å². The molecule has 0 aliphatic heterocycles. The SMILES string of the molecule is O=c1ccn(Cc2cc(F)cc([N+](=O)[O-])c2)cc1. The highest BCUT2D eigenvalue weighted by atomic mass is 19.1. The van der Waals surface area contributed by atoms with Gasteiger partial charge in [-0.2, -0.15) is 0 Å². The number of nitro groups is 1. The van der Waals surface area contributed by atoms with Gasteiger partial charge in [-0.1, -0.05) is 0 Å². The standard InChI is InChI=1S/C12H9FN2O3/c13-10-5-9(6-11(7-10)15(17)18)8-14-3-1-12(16)2-4-14/h1-7H,8H2. The lowest BCUT2D eigenvalue weighted by molar-refractivity contribution is -0.385. The molecule has 1 aromatic heterocycles. The number of nitrogens with zero attached hydrogens (tertiary/aromatic N) is 2. The topological polar surface area (TPSA) is 65.1 Å². The van der Waals surface area contributed by atoms with Crippen LogP contribution in [0.4, 0.5) is 10.1 Å². The molecular formula is C12H9FN2O3. The summed E-state index contributed by atoms with van der Waals surface area (Å²) in [4.78, 5) is 20.9. The Morgan fingerprint density at radius 2 is 1.89 bits per heavy atom. The number of non-ortho nitro benzene ring substituents is 1. The Bertz CT molecular complexity index is 632. The van der Waals surface area contributed by atoms with Gasteiger partial charge < -0.3 is 4.57 Å². The highest BCUT2D eigenvalue weighted by Gasteiger charge is 2.09. The molecule has 5 nitrogen and oxygen atoms in total. The molecule has 0 fully saturated rings. The van der Waals surface area contributed by atoms with Crippen molar-refractivity contribution in [3.05, 3.63) is 74.4 Å². The minimum atomic E-state index is -0.653. The molecule has 1 aromatic carbocycles. The molecule has 0 spiro atoms. The zero-order valence-corrected chi connectivity index (χ0v) is 9.25. The van der Waals surface area contributed by atoms with Crippen LogP contribution in [0, 0.1) is 15.9 Å². The summed E-state index contributed by atoms with van der Waals surface area (Å²) in [7, 11) is 0. The second kappa shape index (κ2) is 4.79. The predicted molar refractivity (Wildman–Crippen MR) is 62.9 cm³/mol. The Labute approximate surface area is 101 Å². The fourth-order valence-corrected chi connectivity index (χ4v) is 1.59. The van der Waals surface area contributed by atoms with E-state index in [9.17, 15) is 19.3 Å². The Morgan fingerprint density at radius 1 is 1.22 bits per heavy atom. The number of pyridine rings is 1. The fourth-order valence-electron chi connectivity index (χ4n) is 1.59. The lowest BCUT2D eigenvalue weighted by Crippen LogP contribution is -2.05. The first-order chi connectivity index (χ1) is 8.54. The largest absolute Gasteiger partial charge is 0.350 e. The summed E-state index contributed by atoms with van der Waals surface area (Å²) in [5, 5.41) is 10.6. The molecule has 0 aliphatic carbocycles. The number of halogens is 1. The molecule has 0 radical (unpaired) electrons. The molecule has 0 N–H and O–H groups in total. The van der Waals surface area contributed by atoms with Gasteiger partial charge in [-0.05, 0) is 11.6 Å². The van der Waals surface area contributed by atoms with Crippen molar-refractivity contribution in [2.24, 2.45) is 0 Å². The van der Waals surface area contributed by atoms with Crippen molar-refractivity contribution in [2.75, 3.05) is 0 Å². The monoisotopic (exact) mass is 248 g/mol. The first-order valence-electron chi connectivity index (χ1n) is 5.14. The molecule has 0 unspecified atom stereocenters. The van der Waals surface area contributed by atoms with Gasteiger partial charge in [0, 0.05) is 37.1 Å². The molecule has 2 rings (SSSR count). The van der Waals surface area contributed by atoms with Crippen molar-refractivity contribution in [1.29, 1.82) is 0 Å². The van der Waals surface area contributed by atoms with E-state index in [0.29, 0.717) is 5.56 Å². The Balaban J connectivity index is 2.31. The van der Waals surface area contributed by atoms with Crippen LogP contribution in [0.1, 0.15) is 5.56 Å². The average molecular weight is 248 g/mol. The van der Waals surface area contributed by atoms with E-state index in [0.717, 1.165) is 6.07 Å². The van der Waals surface area contributed by atoms with Gasteiger partial charge in [-0.15, -0.1) is 0 Å². The third-order valence-corrected chi connectivity index (χ3v) is 2.38. The summed E-state index contributed by atoms with van der Waals surface area (Å²) in [6.07, 6.45) is 3.08. The first kappa shape index (κ1) is 12.0.